The number of aliphatic hydroxyl groups is 1. The highest BCUT2D eigenvalue weighted by Gasteiger charge is 2.18. The fourth-order valence-electron chi connectivity index (χ4n) is 1.97. The summed E-state index contributed by atoms with van der Waals surface area (Å²) in [5.41, 5.74) is -0.738. The van der Waals surface area contributed by atoms with Crippen LogP contribution in [0.4, 0.5) is 11.4 Å². The van der Waals surface area contributed by atoms with Gasteiger partial charge in [0.2, 0.25) is 5.70 Å². The van der Waals surface area contributed by atoms with Crippen molar-refractivity contribution in [3.05, 3.63) is 75.1 Å². The van der Waals surface area contributed by atoms with E-state index in [1.165, 1.54) is 30.0 Å². The molecular weight excluding hydrogens is 406 g/mol. The molecule has 2 aromatic rings. The van der Waals surface area contributed by atoms with Crippen molar-refractivity contribution in [2.24, 2.45) is 10.2 Å². The van der Waals surface area contributed by atoms with Gasteiger partial charge < -0.3 is 9.84 Å². The van der Waals surface area contributed by atoms with E-state index in [9.17, 15) is 20.0 Å². The van der Waals surface area contributed by atoms with Crippen LogP contribution in [0.15, 0.2) is 75.1 Å². The number of rotatable bonds is 8. The van der Waals surface area contributed by atoms with E-state index in [1.54, 1.807) is 37.3 Å². The lowest BCUT2D eigenvalue weighted by Crippen LogP contribution is -2.09. The average molecular weight is 422 g/mol. The number of hydrogen-bond donors (Lipinski definition) is 1. The summed E-state index contributed by atoms with van der Waals surface area (Å²) >= 11 is 7.08. The fourth-order valence-corrected chi connectivity index (χ4v) is 2.87. The predicted octanol–water partition coefficient (Wildman–Crippen LogP) is 5.46. The first kappa shape index (κ1) is 21.4. The first-order valence-corrected chi connectivity index (χ1v) is 9.41. The van der Waals surface area contributed by atoms with E-state index in [2.05, 4.69) is 10.2 Å². The summed E-state index contributed by atoms with van der Waals surface area (Å²) in [5, 5.41) is 29.4. The van der Waals surface area contributed by atoms with Gasteiger partial charge in [0, 0.05) is 16.0 Å². The second-order valence-corrected chi connectivity index (χ2v) is 6.69. The Morgan fingerprint density at radius 2 is 1.93 bits per heavy atom. The standard InChI is InChI=1S/C18H16ClN3O5S/c1-2-27-18(24)17(16(23)11-28-13-9-7-12(19)8-10-13)21-20-14-5-3-4-6-15(14)22(25)26/h3-10,23H,2,11H2,1H3/b17-16-,21-20?. The van der Waals surface area contributed by atoms with Gasteiger partial charge in [-0.3, -0.25) is 10.1 Å². The number of benzene rings is 2. The Morgan fingerprint density at radius 1 is 1.25 bits per heavy atom. The van der Waals surface area contributed by atoms with Gasteiger partial charge in [0.15, 0.2) is 5.69 Å². The molecule has 0 amide bonds. The minimum absolute atomic E-state index is 0.0195. The molecule has 1 N–H and O–H groups in total. The Labute approximate surface area is 170 Å². The zero-order valence-electron chi connectivity index (χ0n) is 14.7. The number of para-hydroxylation sites is 1. The first-order chi connectivity index (χ1) is 13.4. The highest BCUT2D eigenvalue weighted by molar-refractivity contribution is 7.99. The SMILES string of the molecule is CCOC(=O)/C(N=Nc1ccccc1[N+](=O)[O-])=C(/O)CSc1ccc(Cl)cc1. The smallest absolute Gasteiger partial charge is 0.362 e. The Kier molecular flexibility index (Phi) is 7.97. The number of aliphatic hydroxyl groups excluding tert-OH is 1. The topological polar surface area (TPSA) is 114 Å². The maximum absolute atomic E-state index is 12.1. The highest BCUT2D eigenvalue weighted by Crippen LogP contribution is 2.28. The molecule has 0 fully saturated rings. The van der Waals surface area contributed by atoms with Crippen LogP contribution in [0.2, 0.25) is 5.02 Å². The van der Waals surface area contributed by atoms with Crippen LogP contribution in [0.3, 0.4) is 0 Å². The Balaban J connectivity index is 2.27. The molecule has 0 heterocycles. The van der Waals surface area contributed by atoms with E-state index < -0.39 is 16.6 Å². The third kappa shape index (κ3) is 6.07. The molecule has 0 spiro atoms. The quantitative estimate of drug-likeness (QED) is 0.115. The summed E-state index contributed by atoms with van der Waals surface area (Å²) in [6.07, 6.45) is 0. The second kappa shape index (κ2) is 10.4. The zero-order valence-corrected chi connectivity index (χ0v) is 16.3. The molecule has 146 valence electrons. The number of ether oxygens (including phenoxy) is 1. The molecule has 2 aromatic carbocycles. The largest absolute Gasteiger partial charge is 0.509 e. The van der Waals surface area contributed by atoms with Crippen LogP contribution in [0, 0.1) is 10.1 Å². The molecule has 0 radical (unpaired) electrons. The summed E-state index contributed by atoms with van der Waals surface area (Å²) in [4.78, 5) is 23.4. The number of thioether (sulfide) groups is 1. The van der Waals surface area contributed by atoms with Gasteiger partial charge in [0.25, 0.3) is 5.69 Å². The average Bonchev–Trinajstić information content (AvgIpc) is 2.68. The van der Waals surface area contributed by atoms with Crippen molar-refractivity contribution in [3.63, 3.8) is 0 Å². The van der Waals surface area contributed by atoms with Gasteiger partial charge in [-0.05, 0) is 37.3 Å². The van der Waals surface area contributed by atoms with Gasteiger partial charge >= 0.3 is 5.97 Å². The monoisotopic (exact) mass is 421 g/mol. The fraction of sp³-hybridized carbons (Fsp3) is 0.167. The summed E-state index contributed by atoms with van der Waals surface area (Å²) in [7, 11) is 0. The van der Waals surface area contributed by atoms with Gasteiger partial charge in [-0.25, -0.2) is 4.79 Å². The van der Waals surface area contributed by atoms with Crippen molar-refractivity contribution >= 4 is 40.7 Å². The Morgan fingerprint density at radius 3 is 2.57 bits per heavy atom. The minimum Gasteiger partial charge on any atom is -0.509 e. The zero-order chi connectivity index (χ0) is 20.5. The minimum atomic E-state index is -0.876. The molecule has 0 atom stereocenters. The molecular formula is C18H16ClN3O5S. The van der Waals surface area contributed by atoms with E-state index in [-0.39, 0.29) is 29.5 Å². The van der Waals surface area contributed by atoms with Crippen molar-refractivity contribution in [3.8, 4) is 0 Å². The normalized spacial score (nSPS) is 11.9. The lowest BCUT2D eigenvalue weighted by Gasteiger charge is -2.06. The van der Waals surface area contributed by atoms with Gasteiger partial charge in [-0.2, -0.15) is 0 Å². The predicted molar refractivity (Wildman–Crippen MR) is 106 cm³/mol. The number of nitro benzene ring substituents is 1. The Bertz CT molecular complexity index is 916. The van der Waals surface area contributed by atoms with E-state index in [0.29, 0.717) is 5.02 Å². The summed E-state index contributed by atoms with van der Waals surface area (Å²) in [6.45, 7) is 1.68. The summed E-state index contributed by atoms with van der Waals surface area (Å²) in [6, 6.07) is 12.6. The van der Waals surface area contributed by atoms with Gasteiger partial charge in [-0.1, -0.05) is 23.7 Å². The molecule has 0 aliphatic carbocycles. The first-order valence-electron chi connectivity index (χ1n) is 8.05. The number of carbonyl (C=O) groups excluding carboxylic acids is 1. The number of esters is 1. The third-order valence-electron chi connectivity index (χ3n) is 3.27. The van der Waals surface area contributed by atoms with Gasteiger partial charge in [-0.15, -0.1) is 22.0 Å². The number of nitro groups is 1. The number of hydrogen-bond acceptors (Lipinski definition) is 8. The van der Waals surface area contributed by atoms with E-state index in [0.717, 1.165) is 4.90 Å². The van der Waals surface area contributed by atoms with Gasteiger partial charge in [0.1, 0.15) is 5.76 Å². The number of carbonyl (C=O) groups is 1. The van der Waals surface area contributed by atoms with E-state index in [1.807, 2.05) is 0 Å². The lowest BCUT2D eigenvalue weighted by atomic mass is 10.3. The van der Waals surface area contributed by atoms with Crippen LogP contribution in [-0.2, 0) is 9.53 Å². The van der Waals surface area contributed by atoms with Crippen LogP contribution in [0.5, 0.6) is 0 Å². The molecule has 0 bridgehead atoms. The maximum atomic E-state index is 12.1. The van der Waals surface area contributed by atoms with Crippen LogP contribution in [0.25, 0.3) is 0 Å². The van der Waals surface area contributed by atoms with Crippen LogP contribution in [0.1, 0.15) is 6.92 Å². The van der Waals surface area contributed by atoms with Crippen LogP contribution < -0.4 is 0 Å². The van der Waals surface area contributed by atoms with Crippen molar-refractivity contribution in [1.82, 2.24) is 0 Å². The molecule has 8 nitrogen and oxygen atoms in total. The second-order valence-electron chi connectivity index (χ2n) is 5.20. The maximum Gasteiger partial charge on any atom is 0.362 e. The molecule has 2 rings (SSSR count). The number of nitrogens with zero attached hydrogens (tertiary/aromatic N) is 3. The molecule has 0 aliphatic rings. The molecule has 28 heavy (non-hydrogen) atoms. The van der Waals surface area contributed by atoms with Crippen molar-refractivity contribution in [2.45, 2.75) is 11.8 Å². The van der Waals surface area contributed by atoms with Crippen LogP contribution in [-0.4, -0.2) is 28.4 Å². The molecule has 0 aromatic heterocycles. The van der Waals surface area contributed by atoms with Gasteiger partial charge in [0.05, 0.1) is 17.3 Å². The van der Waals surface area contributed by atoms with Crippen molar-refractivity contribution in [1.29, 1.82) is 0 Å². The molecule has 0 saturated heterocycles. The molecule has 0 unspecified atom stereocenters. The lowest BCUT2D eigenvalue weighted by molar-refractivity contribution is -0.384. The van der Waals surface area contributed by atoms with E-state index in [4.69, 9.17) is 16.3 Å². The van der Waals surface area contributed by atoms with Crippen molar-refractivity contribution in [2.75, 3.05) is 12.4 Å². The number of azo groups is 1. The van der Waals surface area contributed by atoms with Crippen molar-refractivity contribution < 1.29 is 19.6 Å². The molecule has 10 heteroatoms. The highest BCUT2D eigenvalue weighted by atomic mass is 35.5. The number of halogens is 1. The summed E-state index contributed by atoms with van der Waals surface area (Å²) in [5.74, 6) is -1.22. The Hall–Kier alpha value is -2.91. The van der Waals surface area contributed by atoms with Crippen LogP contribution >= 0.6 is 23.4 Å². The third-order valence-corrected chi connectivity index (χ3v) is 4.54. The van der Waals surface area contributed by atoms with E-state index >= 15 is 0 Å². The summed E-state index contributed by atoms with van der Waals surface area (Å²) < 4.78 is 4.89. The molecule has 0 saturated carbocycles. The molecule has 0 aliphatic heterocycles.